The quantitative estimate of drug-likeness (QED) is 0.0926. The van der Waals surface area contributed by atoms with Crippen LogP contribution in [0.1, 0.15) is 46.0 Å². The highest BCUT2D eigenvalue weighted by atomic mass is 16.4. The van der Waals surface area contributed by atoms with Gasteiger partial charge in [0.15, 0.2) is 5.96 Å². The number of primary amides is 1. The monoisotopic (exact) mass is 415 g/mol. The first-order chi connectivity index (χ1) is 13.5. The zero-order valence-corrected chi connectivity index (χ0v) is 16.9. The molecule has 0 aromatic carbocycles. The summed E-state index contributed by atoms with van der Waals surface area (Å²) >= 11 is 0. The number of nitrogens with two attached hydrogens (primary N) is 4. The Morgan fingerprint density at radius 2 is 1.59 bits per heavy atom. The summed E-state index contributed by atoms with van der Waals surface area (Å²) in [5.41, 5.74) is 21.4. The maximum absolute atomic E-state index is 12.6. The fraction of sp³-hybridized carbons (Fsp3) is 0.706. The number of carboxylic acids is 1. The van der Waals surface area contributed by atoms with Crippen LogP contribution in [0.4, 0.5) is 0 Å². The molecule has 0 radical (unpaired) electrons. The Labute approximate surface area is 169 Å². The SMILES string of the molecule is CC[C@H](C)[C@H](N)C(=O)N[C@@H](CCC(N)=O)C(=O)N[C@@H](CCCN=C(N)N)C(=O)O. The summed E-state index contributed by atoms with van der Waals surface area (Å²) in [6, 6.07) is -3.21. The lowest BCUT2D eigenvalue weighted by atomic mass is 9.98. The number of aliphatic imine (C=N–C) groups is 1. The summed E-state index contributed by atoms with van der Waals surface area (Å²) in [4.78, 5) is 51.1. The van der Waals surface area contributed by atoms with Crippen molar-refractivity contribution < 1.29 is 24.3 Å². The molecule has 11 N–H and O–H groups in total. The number of hydrogen-bond donors (Lipinski definition) is 7. The second-order valence-corrected chi connectivity index (χ2v) is 6.83. The highest BCUT2D eigenvalue weighted by molar-refractivity contribution is 5.92. The molecule has 0 heterocycles. The average molecular weight is 415 g/mol. The molecular formula is C17H33N7O5. The number of amides is 3. The summed E-state index contributed by atoms with van der Waals surface area (Å²) in [7, 11) is 0. The minimum Gasteiger partial charge on any atom is -0.480 e. The molecule has 0 aromatic heterocycles. The molecule has 0 aliphatic rings. The lowest BCUT2D eigenvalue weighted by Gasteiger charge is -2.24. The van der Waals surface area contributed by atoms with Gasteiger partial charge < -0.3 is 38.7 Å². The lowest BCUT2D eigenvalue weighted by molar-refractivity contribution is -0.142. The van der Waals surface area contributed by atoms with E-state index in [0.29, 0.717) is 12.8 Å². The van der Waals surface area contributed by atoms with E-state index >= 15 is 0 Å². The van der Waals surface area contributed by atoms with Gasteiger partial charge in [-0.05, 0) is 25.2 Å². The van der Waals surface area contributed by atoms with E-state index in [1.807, 2.05) is 6.92 Å². The van der Waals surface area contributed by atoms with E-state index in [1.165, 1.54) is 0 Å². The minimum atomic E-state index is -1.25. The third-order valence-corrected chi connectivity index (χ3v) is 4.43. The highest BCUT2D eigenvalue weighted by Crippen LogP contribution is 2.07. The molecule has 166 valence electrons. The molecule has 4 atom stereocenters. The maximum Gasteiger partial charge on any atom is 0.326 e. The number of rotatable bonds is 14. The van der Waals surface area contributed by atoms with Crippen LogP contribution in [0, 0.1) is 5.92 Å². The summed E-state index contributed by atoms with van der Waals surface area (Å²) in [6.45, 7) is 3.86. The van der Waals surface area contributed by atoms with Gasteiger partial charge in [0.2, 0.25) is 17.7 Å². The first-order valence-corrected chi connectivity index (χ1v) is 9.42. The molecule has 0 rings (SSSR count). The highest BCUT2D eigenvalue weighted by Gasteiger charge is 2.29. The largest absolute Gasteiger partial charge is 0.480 e. The standard InChI is InChI=1S/C17H33N7O5/c1-3-9(2)13(19)15(27)23-10(6-7-12(18)25)14(26)24-11(16(28)29)5-4-8-22-17(20)21/h9-11,13H,3-8,19H2,1-2H3,(H2,18,25)(H,23,27)(H,24,26)(H,28,29)(H4,20,21,22)/t9-,10-,11-,13-/m0/s1. The molecule has 0 aromatic rings. The van der Waals surface area contributed by atoms with Crippen LogP contribution in [0.5, 0.6) is 0 Å². The number of nitrogens with one attached hydrogen (secondary N) is 2. The van der Waals surface area contributed by atoms with Crippen molar-refractivity contribution in [1.82, 2.24) is 10.6 Å². The van der Waals surface area contributed by atoms with Gasteiger partial charge in [-0.15, -0.1) is 0 Å². The van der Waals surface area contributed by atoms with Gasteiger partial charge in [-0.1, -0.05) is 20.3 Å². The molecule has 3 amide bonds. The molecule has 12 heteroatoms. The second kappa shape index (κ2) is 13.3. The molecule has 0 unspecified atom stereocenters. The van der Waals surface area contributed by atoms with Crippen molar-refractivity contribution >= 4 is 29.7 Å². The number of aliphatic carboxylic acids is 1. The maximum atomic E-state index is 12.6. The van der Waals surface area contributed by atoms with Gasteiger partial charge in [-0.3, -0.25) is 19.4 Å². The third kappa shape index (κ3) is 10.9. The van der Waals surface area contributed by atoms with Gasteiger partial charge in [-0.25, -0.2) is 4.79 Å². The van der Waals surface area contributed by atoms with Crippen LogP contribution in [0.25, 0.3) is 0 Å². The number of carbonyl (C=O) groups is 4. The van der Waals surface area contributed by atoms with Gasteiger partial charge in [0.25, 0.3) is 0 Å². The first kappa shape index (κ1) is 26.1. The molecule has 0 saturated heterocycles. The van der Waals surface area contributed by atoms with Gasteiger partial charge in [0.1, 0.15) is 12.1 Å². The molecule has 0 saturated carbocycles. The van der Waals surface area contributed by atoms with Crippen molar-refractivity contribution in [2.75, 3.05) is 6.54 Å². The fourth-order valence-corrected chi connectivity index (χ4v) is 2.37. The van der Waals surface area contributed by atoms with Crippen LogP contribution in [0.2, 0.25) is 0 Å². The van der Waals surface area contributed by atoms with Crippen molar-refractivity contribution in [3.63, 3.8) is 0 Å². The van der Waals surface area contributed by atoms with E-state index in [1.54, 1.807) is 6.92 Å². The molecule has 0 aliphatic carbocycles. The van der Waals surface area contributed by atoms with E-state index in [-0.39, 0.29) is 37.7 Å². The van der Waals surface area contributed by atoms with E-state index < -0.39 is 41.8 Å². The van der Waals surface area contributed by atoms with Gasteiger partial charge in [0, 0.05) is 13.0 Å². The van der Waals surface area contributed by atoms with Crippen LogP contribution in [0.3, 0.4) is 0 Å². The number of carbonyl (C=O) groups excluding carboxylic acids is 3. The number of carboxylic acid groups (broad SMARTS) is 1. The predicted molar refractivity (Wildman–Crippen MR) is 107 cm³/mol. The Hall–Kier alpha value is -2.89. The Kier molecular flexibility index (Phi) is 12.0. The normalized spacial score (nSPS) is 14.7. The van der Waals surface area contributed by atoms with Crippen molar-refractivity contribution in [2.24, 2.45) is 33.8 Å². The second-order valence-electron chi connectivity index (χ2n) is 6.83. The Morgan fingerprint density at radius 1 is 1.00 bits per heavy atom. The molecule has 0 aliphatic heterocycles. The molecule has 12 nitrogen and oxygen atoms in total. The number of hydrogen-bond acceptors (Lipinski definition) is 6. The molecular weight excluding hydrogens is 382 g/mol. The zero-order valence-electron chi connectivity index (χ0n) is 16.9. The summed E-state index contributed by atoms with van der Waals surface area (Å²) < 4.78 is 0. The fourth-order valence-electron chi connectivity index (χ4n) is 2.37. The van der Waals surface area contributed by atoms with Crippen LogP contribution in [-0.4, -0.2) is 59.4 Å². The molecule has 0 spiro atoms. The Bertz CT molecular complexity index is 607. The van der Waals surface area contributed by atoms with Gasteiger partial charge in [0.05, 0.1) is 6.04 Å². The van der Waals surface area contributed by atoms with E-state index in [9.17, 15) is 24.3 Å². The van der Waals surface area contributed by atoms with E-state index in [2.05, 4.69) is 15.6 Å². The predicted octanol–water partition coefficient (Wildman–Crippen LogP) is -2.27. The molecule has 0 fully saturated rings. The van der Waals surface area contributed by atoms with Crippen molar-refractivity contribution in [1.29, 1.82) is 0 Å². The molecule has 0 bridgehead atoms. The summed E-state index contributed by atoms with van der Waals surface area (Å²) in [5, 5.41) is 14.2. The van der Waals surface area contributed by atoms with Crippen molar-refractivity contribution in [3.05, 3.63) is 0 Å². The summed E-state index contributed by atoms with van der Waals surface area (Å²) in [6.07, 6.45) is 0.788. The lowest BCUT2D eigenvalue weighted by Crippen LogP contribution is -2.55. The van der Waals surface area contributed by atoms with Crippen LogP contribution in [-0.2, 0) is 19.2 Å². The van der Waals surface area contributed by atoms with E-state index in [4.69, 9.17) is 22.9 Å². The third-order valence-electron chi connectivity index (χ3n) is 4.43. The first-order valence-electron chi connectivity index (χ1n) is 9.42. The topological polar surface area (TPSA) is 229 Å². The summed E-state index contributed by atoms with van der Waals surface area (Å²) in [5.74, 6) is -3.46. The van der Waals surface area contributed by atoms with Gasteiger partial charge >= 0.3 is 5.97 Å². The molecule has 29 heavy (non-hydrogen) atoms. The van der Waals surface area contributed by atoms with Gasteiger partial charge in [-0.2, -0.15) is 0 Å². The van der Waals surface area contributed by atoms with Crippen LogP contribution < -0.4 is 33.6 Å². The number of nitrogens with zero attached hydrogens (tertiary/aromatic N) is 1. The van der Waals surface area contributed by atoms with Crippen molar-refractivity contribution in [3.8, 4) is 0 Å². The zero-order chi connectivity index (χ0) is 22.6. The van der Waals surface area contributed by atoms with Crippen molar-refractivity contribution in [2.45, 2.75) is 64.1 Å². The van der Waals surface area contributed by atoms with Crippen LogP contribution in [0.15, 0.2) is 4.99 Å². The van der Waals surface area contributed by atoms with Crippen LogP contribution >= 0.6 is 0 Å². The Morgan fingerprint density at radius 3 is 2.07 bits per heavy atom. The minimum absolute atomic E-state index is 0.0702. The smallest absolute Gasteiger partial charge is 0.326 e. The van der Waals surface area contributed by atoms with E-state index in [0.717, 1.165) is 0 Å². The Balaban J connectivity index is 5.10. The average Bonchev–Trinajstić information content (AvgIpc) is 2.64. The number of guanidine groups is 1.